The molecule has 0 heterocycles. The van der Waals surface area contributed by atoms with Crippen LogP contribution in [0, 0.1) is 5.92 Å². The van der Waals surface area contributed by atoms with Crippen molar-refractivity contribution in [1.82, 2.24) is 5.32 Å². The molecule has 0 aliphatic heterocycles. The molecule has 3 nitrogen and oxygen atoms in total. The van der Waals surface area contributed by atoms with Crippen LogP contribution < -0.4 is 10.1 Å². The summed E-state index contributed by atoms with van der Waals surface area (Å²) in [5.74, 6) is 1.69. The lowest BCUT2D eigenvalue weighted by Crippen LogP contribution is -2.40. The molecule has 1 aromatic carbocycles. The number of hydrogen-bond acceptors (Lipinski definition) is 3. The maximum atomic E-state index is 9.79. The second-order valence-electron chi connectivity index (χ2n) is 8.28. The van der Waals surface area contributed by atoms with E-state index in [1.54, 1.807) is 0 Å². The molecule has 2 fully saturated rings. The minimum Gasteiger partial charge on any atom is -0.491 e. The molecule has 3 rings (SSSR count). The van der Waals surface area contributed by atoms with Gasteiger partial charge in [-0.25, -0.2) is 0 Å². The highest BCUT2D eigenvalue weighted by Gasteiger charge is 2.29. The second kappa shape index (κ2) is 9.05. The summed E-state index contributed by atoms with van der Waals surface area (Å²) in [4.78, 5) is 0. The largest absolute Gasteiger partial charge is 0.491 e. The first kappa shape index (κ1) is 18.7. The Balaban J connectivity index is 1.71. The predicted molar refractivity (Wildman–Crippen MR) is 103 cm³/mol. The van der Waals surface area contributed by atoms with Crippen molar-refractivity contribution >= 4 is 0 Å². The van der Waals surface area contributed by atoms with Crippen LogP contribution >= 0.6 is 0 Å². The standard InChI is InChI=1S/C22H35NO2/c1-16(2)25-21-14-8-18(9-15-21)22(17-6-4-3-5-7-17)23-19-10-12-20(24)13-11-19/h8-9,14-17,19-20,22-24H,3-7,10-13H2,1-2H3/t19?,20?,22-/m0/s1. The Kier molecular flexibility index (Phi) is 6.77. The summed E-state index contributed by atoms with van der Waals surface area (Å²) in [7, 11) is 0. The topological polar surface area (TPSA) is 41.5 Å². The molecule has 1 atom stereocenters. The van der Waals surface area contributed by atoms with Crippen LogP contribution in [0.25, 0.3) is 0 Å². The number of benzene rings is 1. The van der Waals surface area contributed by atoms with E-state index < -0.39 is 0 Å². The monoisotopic (exact) mass is 345 g/mol. The van der Waals surface area contributed by atoms with Gasteiger partial charge in [0.25, 0.3) is 0 Å². The summed E-state index contributed by atoms with van der Waals surface area (Å²) in [5, 5.41) is 13.8. The minimum atomic E-state index is -0.0846. The SMILES string of the molecule is CC(C)Oc1ccc([C@@H](NC2CCC(O)CC2)C2CCCCC2)cc1. The third-order valence-electron chi connectivity index (χ3n) is 5.84. The lowest BCUT2D eigenvalue weighted by Gasteiger charge is -2.36. The Morgan fingerprint density at radius 2 is 1.56 bits per heavy atom. The van der Waals surface area contributed by atoms with Gasteiger partial charge in [-0.3, -0.25) is 0 Å². The zero-order valence-corrected chi connectivity index (χ0v) is 15.9. The average Bonchev–Trinajstić information content (AvgIpc) is 2.62. The zero-order valence-electron chi connectivity index (χ0n) is 15.9. The molecule has 140 valence electrons. The summed E-state index contributed by atoms with van der Waals surface area (Å²) < 4.78 is 5.81. The molecule has 2 aliphatic rings. The molecule has 3 heteroatoms. The van der Waals surface area contributed by atoms with Crippen molar-refractivity contribution in [2.45, 2.75) is 95.9 Å². The van der Waals surface area contributed by atoms with Crippen molar-refractivity contribution in [3.05, 3.63) is 29.8 Å². The lowest BCUT2D eigenvalue weighted by molar-refractivity contribution is 0.109. The summed E-state index contributed by atoms with van der Waals surface area (Å²) in [6.45, 7) is 4.13. The van der Waals surface area contributed by atoms with Crippen LogP contribution in [0.1, 0.15) is 83.2 Å². The number of nitrogens with one attached hydrogen (secondary N) is 1. The Morgan fingerprint density at radius 3 is 2.16 bits per heavy atom. The van der Waals surface area contributed by atoms with Crippen molar-refractivity contribution in [3.8, 4) is 5.75 Å². The van der Waals surface area contributed by atoms with Crippen LogP contribution in [-0.2, 0) is 0 Å². The fourth-order valence-corrected chi connectivity index (χ4v) is 4.49. The van der Waals surface area contributed by atoms with Crippen molar-refractivity contribution in [1.29, 1.82) is 0 Å². The van der Waals surface area contributed by atoms with Gasteiger partial charge in [-0.2, -0.15) is 0 Å². The highest BCUT2D eigenvalue weighted by atomic mass is 16.5. The molecule has 1 aromatic rings. The van der Waals surface area contributed by atoms with E-state index in [9.17, 15) is 5.11 Å². The van der Waals surface area contributed by atoms with Gasteiger partial charge in [0.1, 0.15) is 5.75 Å². The third kappa shape index (κ3) is 5.46. The number of hydrogen-bond donors (Lipinski definition) is 2. The zero-order chi connectivity index (χ0) is 17.6. The van der Waals surface area contributed by atoms with Gasteiger partial charge in [0.2, 0.25) is 0 Å². The molecule has 0 unspecified atom stereocenters. The number of ether oxygens (including phenoxy) is 1. The number of aliphatic hydroxyl groups excluding tert-OH is 1. The van der Waals surface area contributed by atoms with Gasteiger partial charge in [-0.15, -0.1) is 0 Å². The average molecular weight is 346 g/mol. The van der Waals surface area contributed by atoms with E-state index in [0.29, 0.717) is 12.1 Å². The molecule has 25 heavy (non-hydrogen) atoms. The Bertz CT molecular complexity index is 499. The molecular weight excluding hydrogens is 310 g/mol. The third-order valence-corrected chi connectivity index (χ3v) is 5.84. The summed E-state index contributed by atoms with van der Waals surface area (Å²) >= 11 is 0. The van der Waals surface area contributed by atoms with Gasteiger partial charge in [-0.1, -0.05) is 31.4 Å². The second-order valence-corrected chi connectivity index (χ2v) is 8.28. The molecule has 2 saturated carbocycles. The van der Waals surface area contributed by atoms with Gasteiger partial charge in [0.15, 0.2) is 0 Å². The molecule has 0 aromatic heterocycles. The van der Waals surface area contributed by atoms with Gasteiger partial charge < -0.3 is 15.2 Å². The van der Waals surface area contributed by atoms with Crippen LogP contribution in [0.5, 0.6) is 5.75 Å². The van der Waals surface area contributed by atoms with Crippen molar-refractivity contribution < 1.29 is 9.84 Å². The molecule has 0 radical (unpaired) electrons. The molecular formula is C22H35NO2. The maximum absolute atomic E-state index is 9.79. The van der Waals surface area contributed by atoms with Crippen LogP contribution in [0.3, 0.4) is 0 Å². The molecule has 0 bridgehead atoms. The fraction of sp³-hybridized carbons (Fsp3) is 0.727. The van der Waals surface area contributed by atoms with E-state index in [1.165, 1.54) is 37.7 Å². The van der Waals surface area contributed by atoms with Crippen molar-refractivity contribution in [2.75, 3.05) is 0 Å². The van der Waals surface area contributed by atoms with Crippen LogP contribution in [0.4, 0.5) is 0 Å². The highest BCUT2D eigenvalue weighted by molar-refractivity contribution is 5.30. The van der Waals surface area contributed by atoms with E-state index in [2.05, 4.69) is 43.4 Å². The van der Waals surface area contributed by atoms with Crippen molar-refractivity contribution in [3.63, 3.8) is 0 Å². The Labute approximate surface area is 153 Å². The smallest absolute Gasteiger partial charge is 0.119 e. The molecule has 0 spiro atoms. The predicted octanol–water partition coefficient (Wildman–Crippen LogP) is 4.99. The number of rotatable bonds is 6. The fourth-order valence-electron chi connectivity index (χ4n) is 4.49. The first-order valence-electron chi connectivity index (χ1n) is 10.3. The lowest BCUT2D eigenvalue weighted by atomic mass is 9.80. The summed E-state index contributed by atoms with van der Waals surface area (Å²) in [5.41, 5.74) is 1.40. The van der Waals surface area contributed by atoms with Crippen molar-refractivity contribution in [2.24, 2.45) is 5.92 Å². The Morgan fingerprint density at radius 1 is 0.920 bits per heavy atom. The van der Waals surface area contributed by atoms with Gasteiger partial charge >= 0.3 is 0 Å². The summed E-state index contributed by atoms with van der Waals surface area (Å²) in [6.07, 6.45) is 11.0. The number of aliphatic hydroxyl groups is 1. The highest BCUT2D eigenvalue weighted by Crippen LogP contribution is 2.36. The van der Waals surface area contributed by atoms with E-state index in [-0.39, 0.29) is 12.2 Å². The van der Waals surface area contributed by atoms with E-state index in [4.69, 9.17) is 4.74 Å². The van der Waals surface area contributed by atoms with Crippen LogP contribution in [0.15, 0.2) is 24.3 Å². The molecule has 2 aliphatic carbocycles. The molecule has 2 N–H and O–H groups in total. The summed E-state index contributed by atoms with van der Waals surface area (Å²) in [6, 6.07) is 9.73. The minimum absolute atomic E-state index is 0.0846. The van der Waals surface area contributed by atoms with E-state index in [0.717, 1.165) is 37.4 Å². The van der Waals surface area contributed by atoms with E-state index >= 15 is 0 Å². The van der Waals surface area contributed by atoms with Gasteiger partial charge in [0, 0.05) is 12.1 Å². The Hall–Kier alpha value is -1.06. The van der Waals surface area contributed by atoms with E-state index in [1.807, 2.05) is 0 Å². The van der Waals surface area contributed by atoms with Gasteiger partial charge in [0.05, 0.1) is 12.2 Å². The molecule has 0 saturated heterocycles. The first-order valence-corrected chi connectivity index (χ1v) is 10.3. The van der Waals surface area contributed by atoms with Crippen LogP contribution in [-0.4, -0.2) is 23.4 Å². The maximum Gasteiger partial charge on any atom is 0.119 e. The normalized spacial score (nSPS) is 26.6. The van der Waals surface area contributed by atoms with Gasteiger partial charge in [-0.05, 0) is 76.0 Å². The quantitative estimate of drug-likeness (QED) is 0.763. The first-order chi connectivity index (χ1) is 12.1. The molecule has 0 amide bonds. The van der Waals surface area contributed by atoms with Crippen LogP contribution in [0.2, 0.25) is 0 Å².